The van der Waals surface area contributed by atoms with Gasteiger partial charge in [0.15, 0.2) is 0 Å². The van der Waals surface area contributed by atoms with Crippen LogP contribution in [-0.2, 0) is 12.8 Å². The average Bonchev–Trinajstić information content (AvgIpc) is 3.06. The molecule has 2 atom stereocenters. The third-order valence-corrected chi connectivity index (χ3v) is 4.31. The minimum atomic E-state index is 0.265. The Bertz CT molecular complexity index is 521. The molecule has 0 unspecified atom stereocenters. The number of nitrogens with zero attached hydrogens (tertiary/aromatic N) is 2. The van der Waals surface area contributed by atoms with Crippen LogP contribution in [0.4, 0.5) is 5.82 Å². The topological polar surface area (TPSA) is 68.9 Å². The van der Waals surface area contributed by atoms with Crippen molar-refractivity contribution >= 4 is 5.82 Å². The lowest BCUT2D eigenvalue weighted by Gasteiger charge is -2.15. The predicted molar refractivity (Wildman–Crippen MR) is 72.8 cm³/mol. The fourth-order valence-corrected chi connectivity index (χ4v) is 3.23. The number of aliphatic hydroxyl groups is 1. The van der Waals surface area contributed by atoms with E-state index in [4.69, 9.17) is 0 Å². The smallest absolute Gasteiger partial charge is 0.144 e. The lowest BCUT2D eigenvalue weighted by Crippen LogP contribution is -2.18. The number of anilines is 1. The van der Waals surface area contributed by atoms with Crippen molar-refractivity contribution in [3.05, 3.63) is 22.9 Å². The number of aryl methyl sites for hydroxylation is 2. The summed E-state index contributed by atoms with van der Waals surface area (Å²) in [4.78, 5) is 4.64. The molecule has 0 aliphatic heterocycles. The maximum Gasteiger partial charge on any atom is 0.144 e. The molecular formula is C15H19N3O. The lowest BCUT2D eigenvalue weighted by atomic mass is 10.1. The normalized spacial score (nSPS) is 25.1. The summed E-state index contributed by atoms with van der Waals surface area (Å²) in [5.74, 6) is 1.14. The summed E-state index contributed by atoms with van der Waals surface area (Å²) in [5.41, 5.74) is 3.05. The van der Waals surface area contributed by atoms with Gasteiger partial charge in [-0.05, 0) is 56.1 Å². The van der Waals surface area contributed by atoms with Crippen molar-refractivity contribution in [2.24, 2.45) is 5.92 Å². The van der Waals surface area contributed by atoms with Crippen LogP contribution in [-0.4, -0.2) is 22.7 Å². The first-order valence-electron chi connectivity index (χ1n) is 7.10. The van der Waals surface area contributed by atoms with E-state index in [9.17, 15) is 10.4 Å². The molecule has 0 radical (unpaired) electrons. The Kier molecular flexibility index (Phi) is 3.39. The Morgan fingerprint density at radius 3 is 3.05 bits per heavy atom. The van der Waals surface area contributed by atoms with Gasteiger partial charge in [-0.1, -0.05) is 0 Å². The van der Waals surface area contributed by atoms with Crippen LogP contribution in [0.2, 0.25) is 0 Å². The molecule has 0 aromatic carbocycles. The first-order valence-corrected chi connectivity index (χ1v) is 7.10. The Balaban J connectivity index is 1.79. The fourth-order valence-electron chi connectivity index (χ4n) is 3.23. The van der Waals surface area contributed by atoms with Crippen molar-refractivity contribution < 1.29 is 5.11 Å². The number of nitriles is 1. The highest BCUT2D eigenvalue weighted by molar-refractivity contribution is 5.55. The summed E-state index contributed by atoms with van der Waals surface area (Å²) in [6.45, 7) is 0.265. The molecule has 2 aliphatic rings. The fraction of sp³-hybridized carbons (Fsp3) is 0.600. The summed E-state index contributed by atoms with van der Waals surface area (Å²) in [5, 5.41) is 21.8. The van der Waals surface area contributed by atoms with Gasteiger partial charge in [-0.25, -0.2) is 4.98 Å². The van der Waals surface area contributed by atoms with E-state index >= 15 is 0 Å². The molecule has 3 rings (SSSR count). The van der Waals surface area contributed by atoms with Gasteiger partial charge in [0.25, 0.3) is 0 Å². The molecule has 2 N–H and O–H groups in total. The summed E-state index contributed by atoms with van der Waals surface area (Å²) in [6.07, 6.45) is 6.30. The monoisotopic (exact) mass is 257 g/mol. The van der Waals surface area contributed by atoms with E-state index in [2.05, 4.69) is 16.4 Å². The zero-order valence-corrected chi connectivity index (χ0v) is 11.0. The van der Waals surface area contributed by atoms with Gasteiger partial charge in [0.1, 0.15) is 11.9 Å². The minimum absolute atomic E-state index is 0.265. The van der Waals surface area contributed by atoms with Gasteiger partial charge in [0, 0.05) is 18.3 Å². The van der Waals surface area contributed by atoms with Crippen LogP contribution < -0.4 is 5.32 Å². The lowest BCUT2D eigenvalue weighted by molar-refractivity contribution is 0.229. The Morgan fingerprint density at radius 1 is 1.42 bits per heavy atom. The second kappa shape index (κ2) is 5.18. The van der Waals surface area contributed by atoms with Gasteiger partial charge < -0.3 is 10.4 Å². The summed E-state index contributed by atoms with van der Waals surface area (Å²) >= 11 is 0. The number of pyridine rings is 1. The van der Waals surface area contributed by atoms with E-state index < -0.39 is 0 Å². The maximum absolute atomic E-state index is 9.25. The molecular weight excluding hydrogens is 238 g/mol. The van der Waals surface area contributed by atoms with Crippen molar-refractivity contribution in [2.75, 3.05) is 11.9 Å². The molecule has 100 valence electrons. The molecule has 0 amide bonds. The molecule has 1 aromatic rings. The van der Waals surface area contributed by atoms with Crippen LogP contribution in [0.5, 0.6) is 0 Å². The Hall–Kier alpha value is -1.60. The number of fused-ring (bicyclic) bond motifs is 1. The first kappa shape index (κ1) is 12.4. The SMILES string of the molecule is N#Cc1cc2c(nc1N[C@H]1CC[C@@H](CO)C1)CCC2. The number of aromatic nitrogens is 1. The number of hydrogen-bond donors (Lipinski definition) is 2. The van der Waals surface area contributed by atoms with Crippen LogP contribution in [0, 0.1) is 17.2 Å². The van der Waals surface area contributed by atoms with Crippen molar-refractivity contribution in [1.82, 2.24) is 4.98 Å². The Labute approximate surface area is 113 Å². The molecule has 2 aliphatic carbocycles. The standard InChI is InChI=1S/C15H19N3O/c16-8-12-7-11-2-1-3-14(11)18-15(12)17-13-5-4-10(6-13)9-19/h7,10,13,19H,1-6,9H2,(H,17,18)/t10-,13+/m1/s1. The van der Waals surface area contributed by atoms with Gasteiger partial charge in [-0.15, -0.1) is 0 Å². The van der Waals surface area contributed by atoms with Crippen LogP contribution >= 0.6 is 0 Å². The van der Waals surface area contributed by atoms with Crippen molar-refractivity contribution in [3.8, 4) is 6.07 Å². The number of nitrogens with one attached hydrogen (secondary N) is 1. The number of rotatable bonds is 3. The van der Waals surface area contributed by atoms with E-state index in [1.54, 1.807) is 0 Å². The van der Waals surface area contributed by atoms with Gasteiger partial charge >= 0.3 is 0 Å². The zero-order chi connectivity index (χ0) is 13.2. The molecule has 1 fully saturated rings. The molecule has 0 spiro atoms. The highest BCUT2D eigenvalue weighted by atomic mass is 16.3. The Morgan fingerprint density at radius 2 is 2.32 bits per heavy atom. The molecule has 19 heavy (non-hydrogen) atoms. The molecule has 0 saturated heterocycles. The molecule has 4 nitrogen and oxygen atoms in total. The predicted octanol–water partition coefficient (Wildman–Crippen LogP) is 2.01. The quantitative estimate of drug-likeness (QED) is 0.869. The zero-order valence-electron chi connectivity index (χ0n) is 11.0. The van der Waals surface area contributed by atoms with Gasteiger partial charge in [-0.2, -0.15) is 5.26 Å². The molecule has 0 bridgehead atoms. The highest BCUT2D eigenvalue weighted by Gasteiger charge is 2.25. The van der Waals surface area contributed by atoms with E-state index in [-0.39, 0.29) is 6.61 Å². The summed E-state index contributed by atoms with van der Waals surface area (Å²) < 4.78 is 0. The van der Waals surface area contributed by atoms with Crippen LogP contribution in [0.25, 0.3) is 0 Å². The molecule has 1 aromatic heterocycles. The van der Waals surface area contributed by atoms with Crippen LogP contribution in [0.1, 0.15) is 42.5 Å². The van der Waals surface area contributed by atoms with Gasteiger partial charge in [0.05, 0.1) is 5.56 Å². The largest absolute Gasteiger partial charge is 0.396 e. The van der Waals surface area contributed by atoms with E-state index in [1.165, 1.54) is 5.56 Å². The minimum Gasteiger partial charge on any atom is -0.396 e. The van der Waals surface area contributed by atoms with Gasteiger partial charge in [-0.3, -0.25) is 0 Å². The second-order valence-corrected chi connectivity index (χ2v) is 5.66. The number of aliphatic hydroxyl groups excluding tert-OH is 1. The van der Waals surface area contributed by atoms with E-state index in [0.717, 1.165) is 50.0 Å². The maximum atomic E-state index is 9.25. The number of hydrogen-bond acceptors (Lipinski definition) is 4. The van der Waals surface area contributed by atoms with E-state index in [0.29, 0.717) is 17.5 Å². The van der Waals surface area contributed by atoms with Crippen molar-refractivity contribution in [2.45, 2.75) is 44.6 Å². The van der Waals surface area contributed by atoms with Crippen molar-refractivity contribution in [1.29, 1.82) is 5.26 Å². The molecule has 1 heterocycles. The summed E-state index contributed by atoms with van der Waals surface area (Å²) in [6, 6.07) is 4.59. The molecule has 1 saturated carbocycles. The third kappa shape index (κ3) is 2.43. The third-order valence-electron chi connectivity index (χ3n) is 4.31. The van der Waals surface area contributed by atoms with E-state index in [1.807, 2.05) is 6.07 Å². The average molecular weight is 257 g/mol. The first-order chi connectivity index (χ1) is 9.30. The van der Waals surface area contributed by atoms with Crippen LogP contribution in [0.3, 0.4) is 0 Å². The van der Waals surface area contributed by atoms with Gasteiger partial charge in [0.2, 0.25) is 0 Å². The van der Waals surface area contributed by atoms with Crippen molar-refractivity contribution in [3.63, 3.8) is 0 Å². The summed E-state index contributed by atoms with van der Waals surface area (Å²) in [7, 11) is 0. The molecule has 4 heteroatoms. The van der Waals surface area contributed by atoms with Crippen LogP contribution in [0.15, 0.2) is 6.07 Å². The second-order valence-electron chi connectivity index (χ2n) is 5.66. The highest BCUT2D eigenvalue weighted by Crippen LogP contribution is 2.30.